The van der Waals surface area contributed by atoms with Crippen LogP contribution >= 0.6 is 15.9 Å². The molecule has 0 saturated carbocycles. The molecular formula is C9H9BrFNO2. The SMILES string of the molecule is COc1cc(F)c(Br)cc1C(=O)CN. The molecule has 0 unspecified atom stereocenters. The van der Waals surface area contributed by atoms with Crippen LogP contribution in [0.25, 0.3) is 0 Å². The minimum Gasteiger partial charge on any atom is -0.496 e. The van der Waals surface area contributed by atoms with Gasteiger partial charge in [-0.3, -0.25) is 4.79 Å². The third-order valence-corrected chi connectivity index (χ3v) is 2.34. The zero-order valence-corrected chi connectivity index (χ0v) is 9.10. The largest absolute Gasteiger partial charge is 0.496 e. The van der Waals surface area contributed by atoms with E-state index in [0.717, 1.165) is 6.07 Å². The minimum atomic E-state index is -0.476. The highest BCUT2D eigenvalue weighted by atomic mass is 79.9. The molecule has 5 heteroatoms. The van der Waals surface area contributed by atoms with Gasteiger partial charge in [-0.25, -0.2) is 4.39 Å². The lowest BCUT2D eigenvalue weighted by Gasteiger charge is -2.07. The summed E-state index contributed by atoms with van der Waals surface area (Å²) in [5.41, 5.74) is 5.48. The predicted octanol–water partition coefficient (Wildman–Crippen LogP) is 1.74. The smallest absolute Gasteiger partial charge is 0.180 e. The van der Waals surface area contributed by atoms with Gasteiger partial charge >= 0.3 is 0 Å². The average molecular weight is 262 g/mol. The number of ketones is 1. The fraction of sp³-hybridized carbons (Fsp3) is 0.222. The van der Waals surface area contributed by atoms with Crippen LogP contribution < -0.4 is 10.5 Å². The fourth-order valence-electron chi connectivity index (χ4n) is 1.03. The number of rotatable bonds is 3. The van der Waals surface area contributed by atoms with Crippen molar-refractivity contribution in [2.24, 2.45) is 5.73 Å². The van der Waals surface area contributed by atoms with Gasteiger partial charge in [-0.15, -0.1) is 0 Å². The van der Waals surface area contributed by atoms with Gasteiger partial charge in [-0.2, -0.15) is 0 Å². The maximum absolute atomic E-state index is 13.0. The second-order valence-electron chi connectivity index (χ2n) is 2.59. The Labute approximate surface area is 89.2 Å². The Morgan fingerprint density at radius 1 is 1.64 bits per heavy atom. The number of halogens is 2. The molecule has 0 saturated heterocycles. The first-order chi connectivity index (χ1) is 6.60. The molecule has 0 aliphatic rings. The van der Waals surface area contributed by atoms with Gasteiger partial charge in [0.05, 0.1) is 23.7 Å². The van der Waals surface area contributed by atoms with Crippen LogP contribution in [-0.2, 0) is 0 Å². The summed E-state index contributed by atoms with van der Waals surface area (Å²) in [6, 6.07) is 2.51. The van der Waals surface area contributed by atoms with Gasteiger partial charge in [0.15, 0.2) is 5.78 Å². The lowest BCUT2D eigenvalue weighted by molar-refractivity contribution is 0.0998. The summed E-state index contributed by atoms with van der Waals surface area (Å²) in [5.74, 6) is -0.570. The first kappa shape index (κ1) is 11.1. The van der Waals surface area contributed by atoms with Gasteiger partial charge < -0.3 is 10.5 Å². The van der Waals surface area contributed by atoms with Crippen molar-refractivity contribution >= 4 is 21.7 Å². The third-order valence-electron chi connectivity index (χ3n) is 1.73. The van der Waals surface area contributed by atoms with E-state index in [2.05, 4.69) is 15.9 Å². The van der Waals surface area contributed by atoms with Crippen molar-refractivity contribution in [2.75, 3.05) is 13.7 Å². The van der Waals surface area contributed by atoms with Crippen LogP contribution in [0.2, 0.25) is 0 Å². The molecule has 2 N–H and O–H groups in total. The lowest BCUT2D eigenvalue weighted by atomic mass is 10.1. The Balaban J connectivity index is 3.27. The lowest BCUT2D eigenvalue weighted by Crippen LogP contribution is -2.14. The highest BCUT2D eigenvalue weighted by Crippen LogP contribution is 2.26. The summed E-state index contributed by atoms with van der Waals surface area (Å²) in [5, 5.41) is 0. The van der Waals surface area contributed by atoms with Crippen molar-refractivity contribution in [3.05, 3.63) is 28.0 Å². The topological polar surface area (TPSA) is 52.3 Å². The van der Waals surface area contributed by atoms with Gasteiger partial charge in [0.2, 0.25) is 0 Å². The van der Waals surface area contributed by atoms with Crippen molar-refractivity contribution in [1.82, 2.24) is 0 Å². The van der Waals surface area contributed by atoms with Crippen molar-refractivity contribution in [2.45, 2.75) is 0 Å². The monoisotopic (exact) mass is 261 g/mol. The summed E-state index contributed by atoms with van der Waals surface area (Å²) in [4.78, 5) is 11.3. The second kappa shape index (κ2) is 4.52. The Morgan fingerprint density at radius 3 is 2.79 bits per heavy atom. The molecule has 0 amide bonds. The van der Waals surface area contributed by atoms with E-state index >= 15 is 0 Å². The average Bonchev–Trinajstić information content (AvgIpc) is 2.20. The molecule has 3 nitrogen and oxygen atoms in total. The zero-order chi connectivity index (χ0) is 10.7. The van der Waals surface area contributed by atoms with Gasteiger partial charge in [-0.05, 0) is 22.0 Å². The van der Waals surface area contributed by atoms with E-state index in [4.69, 9.17) is 10.5 Å². The number of methoxy groups -OCH3 is 1. The maximum atomic E-state index is 13.0. The molecule has 1 aromatic carbocycles. The molecular weight excluding hydrogens is 253 g/mol. The van der Waals surface area contributed by atoms with Crippen molar-refractivity contribution in [3.63, 3.8) is 0 Å². The molecule has 0 heterocycles. The Hall–Kier alpha value is -0.940. The first-order valence-corrected chi connectivity index (χ1v) is 4.65. The number of hydrogen-bond donors (Lipinski definition) is 1. The molecule has 0 aliphatic carbocycles. The molecule has 0 bridgehead atoms. The Bertz CT molecular complexity index is 368. The highest BCUT2D eigenvalue weighted by molar-refractivity contribution is 9.10. The van der Waals surface area contributed by atoms with Crippen LogP contribution in [0.4, 0.5) is 4.39 Å². The quantitative estimate of drug-likeness (QED) is 0.844. The van der Waals surface area contributed by atoms with E-state index in [9.17, 15) is 9.18 Å². The van der Waals surface area contributed by atoms with E-state index in [1.165, 1.54) is 13.2 Å². The molecule has 0 radical (unpaired) electrons. The number of nitrogens with two attached hydrogens (primary N) is 1. The molecule has 0 spiro atoms. The third kappa shape index (κ3) is 2.10. The summed E-state index contributed by atoms with van der Waals surface area (Å²) in [6.45, 7) is -0.131. The van der Waals surface area contributed by atoms with Gasteiger partial charge in [0, 0.05) is 6.07 Å². The molecule has 14 heavy (non-hydrogen) atoms. The molecule has 76 valence electrons. The summed E-state index contributed by atoms with van der Waals surface area (Å²) >= 11 is 2.98. The van der Waals surface area contributed by atoms with E-state index in [-0.39, 0.29) is 28.1 Å². The fourth-order valence-corrected chi connectivity index (χ4v) is 1.37. The van der Waals surface area contributed by atoms with Crippen LogP contribution in [0.1, 0.15) is 10.4 Å². The normalized spacial score (nSPS) is 10.0. The van der Waals surface area contributed by atoms with Crippen LogP contribution in [0.5, 0.6) is 5.75 Å². The number of hydrogen-bond acceptors (Lipinski definition) is 3. The van der Waals surface area contributed by atoms with E-state index in [0.29, 0.717) is 0 Å². The molecule has 0 aliphatic heterocycles. The number of ether oxygens (including phenoxy) is 1. The first-order valence-electron chi connectivity index (χ1n) is 3.86. The predicted molar refractivity (Wildman–Crippen MR) is 54.0 cm³/mol. The Kier molecular flexibility index (Phi) is 3.60. The van der Waals surface area contributed by atoms with Gasteiger partial charge in [0.25, 0.3) is 0 Å². The minimum absolute atomic E-state index is 0.131. The summed E-state index contributed by atoms with van der Waals surface area (Å²) < 4.78 is 18.1. The summed E-state index contributed by atoms with van der Waals surface area (Å²) in [7, 11) is 1.37. The van der Waals surface area contributed by atoms with Gasteiger partial charge in [0.1, 0.15) is 11.6 Å². The molecule has 0 aromatic heterocycles. The van der Waals surface area contributed by atoms with Gasteiger partial charge in [-0.1, -0.05) is 0 Å². The number of carbonyl (C=O) groups excluding carboxylic acids is 1. The highest BCUT2D eigenvalue weighted by Gasteiger charge is 2.14. The zero-order valence-electron chi connectivity index (χ0n) is 7.51. The maximum Gasteiger partial charge on any atom is 0.180 e. The number of Topliss-reactive ketones (excluding diaryl/α,β-unsaturated/α-hetero) is 1. The van der Waals surface area contributed by atoms with Crippen LogP contribution in [0.3, 0.4) is 0 Å². The van der Waals surface area contributed by atoms with E-state index in [1.807, 2.05) is 0 Å². The summed E-state index contributed by atoms with van der Waals surface area (Å²) in [6.07, 6.45) is 0. The Morgan fingerprint density at radius 2 is 2.29 bits per heavy atom. The standard InChI is InChI=1S/C9H9BrFNO2/c1-14-9-3-7(11)6(10)2-5(9)8(13)4-12/h2-3H,4,12H2,1H3. The van der Waals surface area contributed by atoms with Crippen LogP contribution in [0.15, 0.2) is 16.6 Å². The van der Waals surface area contributed by atoms with Crippen molar-refractivity contribution in [3.8, 4) is 5.75 Å². The second-order valence-corrected chi connectivity index (χ2v) is 3.45. The molecule has 1 aromatic rings. The number of benzene rings is 1. The molecule has 1 rings (SSSR count). The van der Waals surface area contributed by atoms with Crippen molar-refractivity contribution in [1.29, 1.82) is 0 Å². The molecule has 0 atom stereocenters. The van der Waals surface area contributed by atoms with E-state index < -0.39 is 5.82 Å². The van der Waals surface area contributed by atoms with Crippen LogP contribution in [0, 0.1) is 5.82 Å². The van der Waals surface area contributed by atoms with Crippen LogP contribution in [-0.4, -0.2) is 19.4 Å². The van der Waals surface area contributed by atoms with E-state index in [1.54, 1.807) is 0 Å². The van der Waals surface area contributed by atoms with Crippen molar-refractivity contribution < 1.29 is 13.9 Å². The number of carbonyl (C=O) groups is 1. The molecule has 0 fully saturated rings.